The maximum absolute atomic E-state index is 12.6. The van der Waals surface area contributed by atoms with Crippen LogP contribution in [0.3, 0.4) is 0 Å². The van der Waals surface area contributed by atoms with Gasteiger partial charge in [-0.2, -0.15) is 0 Å². The number of hydrogen-bond donors (Lipinski definition) is 1. The average Bonchev–Trinajstić information content (AvgIpc) is 3.19. The molecule has 3 heterocycles. The third kappa shape index (κ3) is 4.78. The lowest BCUT2D eigenvalue weighted by molar-refractivity contribution is 0.102. The first-order valence-corrected chi connectivity index (χ1v) is 9.98. The van der Waals surface area contributed by atoms with Crippen LogP contribution < -0.4 is 5.32 Å². The van der Waals surface area contributed by atoms with E-state index < -0.39 is 0 Å². The Bertz CT molecular complexity index is 994. The van der Waals surface area contributed by atoms with Gasteiger partial charge < -0.3 is 5.32 Å². The molecular weight excluding hydrogens is 386 g/mol. The molecule has 0 spiro atoms. The van der Waals surface area contributed by atoms with Gasteiger partial charge in [0.25, 0.3) is 5.91 Å². The third-order valence-electron chi connectivity index (χ3n) is 5.11. The van der Waals surface area contributed by atoms with Crippen LogP contribution in [0.4, 0.5) is 5.69 Å². The van der Waals surface area contributed by atoms with Gasteiger partial charge >= 0.3 is 0 Å². The standard InChI is InChI=1S/C22H22ClN5O/c1-15-20(22(29)27-19-6-4-18(23)5-7-19)12-25-21(26-15)17-8-10-28(14-17)13-16-3-2-9-24-11-16/h2-7,9,11-12,17H,8,10,13-14H2,1H3,(H,27,29). The second-order valence-corrected chi connectivity index (χ2v) is 7.71. The van der Waals surface area contributed by atoms with Crippen molar-refractivity contribution in [2.75, 3.05) is 18.4 Å². The van der Waals surface area contributed by atoms with Crippen molar-refractivity contribution in [3.63, 3.8) is 0 Å². The SMILES string of the molecule is Cc1nc(C2CCN(Cc3cccnc3)C2)ncc1C(=O)Nc1ccc(Cl)cc1. The van der Waals surface area contributed by atoms with E-state index in [0.717, 1.165) is 31.9 Å². The van der Waals surface area contributed by atoms with E-state index in [4.69, 9.17) is 11.6 Å². The van der Waals surface area contributed by atoms with E-state index in [9.17, 15) is 4.79 Å². The highest BCUT2D eigenvalue weighted by atomic mass is 35.5. The number of aryl methyl sites for hydroxylation is 1. The number of pyridine rings is 1. The third-order valence-corrected chi connectivity index (χ3v) is 5.36. The number of aromatic nitrogens is 3. The van der Waals surface area contributed by atoms with Crippen LogP contribution in [0.15, 0.2) is 55.0 Å². The molecule has 3 aromatic rings. The molecule has 0 radical (unpaired) electrons. The van der Waals surface area contributed by atoms with Gasteiger partial charge in [0.2, 0.25) is 0 Å². The number of hydrogen-bond acceptors (Lipinski definition) is 5. The smallest absolute Gasteiger partial charge is 0.259 e. The van der Waals surface area contributed by atoms with Crippen molar-refractivity contribution in [2.45, 2.75) is 25.8 Å². The summed E-state index contributed by atoms with van der Waals surface area (Å²) in [5.74, 6) is 0.860. The minimum Gasteiger partial charge on any atom is -0.322 e. The predicted octanol–water partition coefficient (Wildman–Crippen LogP) is 4.08. The van der Waals surface area contributed by atoms with Crippen LogP contribution in [0, 0.1) is 6.92 Å². The summed E-state index contributed by atoms with van der Waals surface area (Å²) in [6.07, 6.45) is 6.34. The van der Waals surface area contributed by atoms with Crippen LogP contribution in [0.25, 0.3) is 0 Å². The van der Waals surface area contributed by atoms with Crippen molar-refractivity contribution in [3.05, 3.63) is 82.7 Å². The molecule has 1 aromatic carbocycles. The van der Waals surface area contributed by atoms with E-state index in [1.807, 2.05) is 19.2 Å². The molecule has 0 bridgehead atoms. The van der Waals surface area contributed by atoms with E-state index in [2.05, 4.69) is 31.2 Å². The number of amides is 1. The molecule has 7 heteroatoms. The highest BCUT2D eigenvalue weighted by molar-refractivity contribution is 6.30. The summed E-state index contributed by atoms with van der Waals surface area (Å²) in [7, 11) is 0. The Hall–Kier alpha value is -2.83. The van der Waals surface area contributed by atoms with Crippen LogP contribution in [-0.4, -0.2) is 38.8 Å². The molecule has 1 saturated heterocycles. The Balaban J connectivity index is 1.40. The molecule has 1 fully saturated rings. The Morgan fingerprint density at radius 2 is 2.07 bits per heavy atom. The van der Waals surface area contributed by atoms with Crippen LogP contribution in [0.2, 0.25) is 5.02 Å². The summed E-state index contributed by atoms with van der Waals surface area (Å²) in [6, 6.07) is 11.1. The van der Waals surface area contributed by atoms with Crippen molar-refractivity contribution < 1.29 is 4.79 Å². The highest BCUT2D eigenvalue weighted by Crippen LogP contribution is 2.26. The van der Waals surface area contributed by atoms with Crippen molar-refractivity contribution in [3.8, 4) is 0 Å². The van der Waals surface area contributed by atoms with Gasteiger partial charge in [-0.1, -0.05) is 17.7 Å². The van der Waals surface area contributed by atoms with E-state index >= 15 is 0 Å². The molecule has 148 valence electrons. The first kappa shape index (κ1) is 19.5. The summed E-state index contributed by atoms with van der Waals surface area (Å²) in [5, 5.41) is 3.48. The zero-order valence-corrected chi connectivity index (χ0v) is 16.9. The zero-order valence-electron chi connectivity index (χ0n) is 16.2. The van der Waals surface area contributed by atoms with Gasteiger partial charge in [-0.15, -0.1) is 0 Å². The number of anilines is 1. The fraction of sp³-hybridized carbons (Fsp3) is 0.273. The molecule has 1 N–H and O–H groups in total. The second kappa shape index (κ2) is 8.68. The molecule has 1 aliphatic heterocycles. The van der Waals surface area contributed by atoms with Crippen LogP contribution in [0.5, 0.6) is 0 Å². The number of carbonyl (C=O) groups excluding carboxylic acids is 1. The normalized spacial score (nSPS) is 16.7. The van der Waals surface area contributed by atoms with Crippen LogP contribution in [-0.2, 0) is 6.54 Å². The molecule has 0 saturated carbocycles. The Labute approximate surface area is 175 Å². The zero-order chi connectivity index (χ0) is 20.2. The molecule has 4 rings (SSSR count). The summed E-state index contributed by atoms with van der Waals surface area (Å²) >= 11 is 5.89. The topological polar surface area (TPSA) is 71.0 Å². The van der Waals surface area contributed by atoms with Gasteiger partial charge in [0.15, 0.2) is 0 Å². The van der Waals surface area contributed by atoms with Crippen molar-refractivity contribution in [1.29, 1.82) is 0 Å². The molecule has 1 atom stereocenters. The molecule has 2 aromatic heterocycles. The maximum Gasteiger partial charge on any atom is 0.259 e. The number of benzene rings is 1. The average molecular weight is 408 g/mol. The van der Waals surface area contributed by atoms with Gasteiger partial charge in [-0.25, -0.2) is 9.97 Å². The molecule has 1 aliphatic rings. The summed E-state index contributed by atoms with van der Waals surface area (Å²) in [4.78, 5) is 28.3. The largest absolute Gasteiger partial charge is 0.322 e. The Morgan fingerprint density at radius 1 is 1.24 bits per heavy atom. The summed E-state index contributed by atoms with van der Waals surface area (Å²) < 4.78 is 0. The number of rotatable bonds is 5. The van der Waals surface area contributed by atoms with Gasteiger partial charge in [-0.05, 0) is 55.8 Å². The highest BCUT2D eigenvalue weighted by Gasteiger charge is 2.26. The van der Waals surface area contributed by atoms with Gasteiger partial charge in [-0.3, -0.25) is 14.7 Å². The van der Waals surface area contributed by atoms with Crippen molar-refractivity contribution in [2.24, 2.45) is 0 Å². The number of halogens is 1. The number of likely N-dealkylation sites (tertiary alicyclic amines) is 1. The molecule has 1 amide bonds. The monoisotopic (exact) mass is 407 g/mol. The lowest BCUT2D eigenvalue weighted by Crippen LogP contribution is -2.21. The maximum atomic E-state index is 12.6. The predicted molar refractivity (Wildman–Crippen MR) is 113 cm³/mol. The fourth-order valence-corrected chi connectivity index (χ4v) is 3.70. The second-order valence-electron chi connectivity index (χ2n) is 7.27. The lowest BCUT2D eigenvalue weighted by Gasteiger charge is -2.16. The van der Waals surface area contributed by atoms with E-state index in [-0.39, 0.29) is 11.8 Å². The van der Waals surface area contributed by atoms with E-state index in [1.165, 1.54) is 5.56 Å². The number of carbonyl (C=O) groups is 1. The molecule has 1 unspecified atom stereocenters. The summed E-state index contributed by atoms with van der Waals surface area (Å²) in [5.41, 5.74) is 3.06. The minimum absolute atomic E-state index is 0.221. The summed E-state index contributed by atoms with van der Waals surface area (Å²) in [6.45, 7) is 4.64. The minimum atomic E-state index is -0.221. The Kier molecular flexibility index (Phi) is 5.83. The van der Waals surface area contributed by atoms with Gasteiger partial charge in [0, 0.05) is 48.3 Å². The van der Waals surface area contributed by atoms with E-state index in [0.29, 0.717) is 22.0 Å². The molecule has 0 aliphatic carbocycles. The van der Waals surface area contributed by atoms with Crippen molar-refractivity contribution >= 4 is 23.2 Å². The Morgan fingerprint density at radius 3 is 2.79 bits per heavy atom. The fourth-order valence-electron chi connectivity index (χ4n) is 3.57. The van der Waals surface area contributed by atoms with E-state index in [1.54, 1.807) is 36.7 Å². The quantitative estimate of drug-likeness (QED) is 0.690. The van der Waals surface area contributed by atoms with Crippen LogP contribution >= 0.6 is 11.6 Å². The van der Waals surface area contributed by atoms with Crippen molar-refractivity contribution in [1.82, 2.24) is 19.9 Å². The molecule has 6 nitrogen and oxygen atoms in total. The number of nitrogens with zero attached hydrogens (tertiary/aromatic N) is 4. The van der Waals surface area contributed by atoms with Crippen LogP contribution in [0.1, 0.15) is 39.8 Å². The van der Waals surface area contributed by atoms with Gasteiger partial charge in [0.1, 0.15) is 5.82 Å². The first-order valence-electron chi connectivity index (χ1n) is 9.60. The first-order chi connectivity index (χ1) is 14.1. The number of nitrogens with one attached hydrogen (secondary N) is 1. The molecular formula is C22H22ClN5O. The van der Waals surface area contributed by atoms with Gasteiger partial charge in [0.05, 0.1) is 11.3 Å². The lowest BCUT2D eigenvalue weighted by atomic mass is 10.1. The molecule has 29 heavy (non-hydrogen) atoms.